The van der Waals surface area contributed by atoms with Gasteiger partial charge in [-0.05, 0) is 66.5 Å². The first kappa shape index (κ1) is 22.8. The molecule has 2 saturated carbocycles. The molecule has 1 aromatic rings. The monoisotopic (exact) mass is 408 g/mol. The Bertz CT molecular complexity index is 798. The third-order valence-corrected chi connectivity index (χ3v) is 7.76. The molecule has 0 heterocycles. The number of ether oxygens (including phenoxy) is 1. The predicted molar refractivity (Wildman–Crippen MR) is 126 cm³/mol. The zero-order valence-corrected chi connectivity index (χ0v) is 19.7. The van der Waals surface area contributed by atoms with Crippen LogP contribution in [0, 0.1) is 16.2 Å². The summed E-state index contributed by atoms with van der Waals surface area (Å²) >= 11 is 0. The van der Waals surface area contributed by atoms with E-state index in [4.69, 9.17) is 4.74 Å². The molecular formula is C28H40O2. The van der Waals surface area contributed by atoms with Crippen molar-refractivity contribution in [1.29, 1.82) is 0 Å². The SMILES string of the molecule is CCCCCCOC(=O)c1ccc(/C=C(\C)C=CC23CC2(C)CCCC3(C)C)cc1. The topological polar surface area (TPSA) is 26.3 Å². The Morgan fingerprint density at radius 3 is 2.47 bits per heavy atom. The summed E-state index contributed by atoms with van der Waals surface area (Å²) in [6.07, 6.45) is 16.8. The number of carbonyl (C=O) groups excluding carboxylic acids is 1. The molecule has 0 N–H and O–H groups in total. The summed E-state index contributed by atoms with van der Waals surface area (Å²) in [6, 6.07) is 7.76. The van der Waals surface area contributed by atoms with Crippen molar-refractivity contribution >= 4 is 12.0 Å². The highest BCUT2D eigenvalue weighted by molar-refractivity contribution is 5.89. The van der Waals surface area contributed by atoms with E-state index in [-0.39, 0.29) is 5.97 Å². The lowest BCUT2D eigenvalue weighted by atomic mass is 9.63. The minimum Gasteiger partial charge on any atom is -0.462 e. The zero-order chi connectivity index (χ0) is 21.8. The fourth-order valence-corrected chi connectivity index (χ4v) is 5.65. The van der Waals surface area contributed by atoms with Crippen LogP contribution in [-0.2, 0) is 4.74 Å². The number of fused-ring (bicyclic) bond motifs is 1. The van der Waals surface area contributed by atoms with E-state index in [2.05, 4.69) is 52.8 Å². The second-order valence-corrected chi connectivity index (χ2v) is 10.5. The van der Waals surface area contributed by atoms with Crippen molar-refractivity contribution < 1.29 is 9.53 Å². The largest absolute Gasteiger partial charge is 0.462 e. The Hall–Kier alpha value is -1.83. The molecule has 1 aromatic carbocycles. The van der Waals surface area contributed by atoms with Gasteiger partial charge in [-0.15, -0.1) is 0 Å². The van der Waals surface area contributed by atoms with Gasteiger partial charge in [0, 0.05) is 0 Å². The number of hydrogen-bond acceptors (Lipinski definition) is 2. The quantitative estimate of drug-likeness (QED) is 0.235. The van der Waals surface area contributed by atoms with Crippen LogP contribution in [0.25, 0.3) is 6.08 Å². The third kappa shape index (κ3) is 4.74. The highest BCUT2D eigenvalue weighted by atomic mass is 16.5. The normalized spacial score (nSPS) is 27.7. The molecule has 0 aliphatic heterocycles. The standard InChI is InChI=1S/C28H40O2/c1-6-7-8-9-19-30-25(29)24-13-11-23(12-14-24)20-22(2)15-18-28-21-27(28,5)17-10-16-26(28,3)4/h11-15,18,20H,6-10,16-17,19,21H2,1-5H3/b18-15?,22-20+. The van der Waals surface area contributed by atoms with E-state index in [1.807, 2.05) is 24.3 Å². The summed E-state index contributed by atoms with van der Waals surface area (Å²) in [5, 5.41) is 0. The van der Waals surface area contributed by atoms with Gasteiger partial charge in [0.05, 0.1) is 12.2 Å². The molecule has 2 atom stereocenters. The van der Waals surface area contributed by atoms with Gasteiger partial charge in [-0.3, -0.25) is 0 Å². The smallest absolute Gasteiger partial charge is 0.338 e. The summed E-state index contributed by atoms with van der Waals surface area (Å²) in [6.45, 7) is 12.2. The first-order valence-electron chi connectivity index (χ1n) is 11.9. The van der Waals surface area contributed by atoms with Crippen molar-refractivity contribution in [1.82, 2.24) is 0 Å². The van der Waals surface area contributed by atoms with Gasteiger partial charge in [0.2, 0.25) is 0 Å². The molecule has 2 aliphatic carbocycles. The number of rotatable bonds is 9. The van der Waals surface area contributed by atoms with Crippen molar-refractivity contribution in [2.45, 2.75) is 86.0 Å². The lowest BCUT2D eigenvalue weighted by Crippen LogP contribution is -2.32. The van der Waals surface area contributed by atoms with E-state index in [1.165, 1.54) is 44.1 Å². The molecule has 164 valence electrons. The van der Waals surface area contributed by atoms with Crippen LogP contribution in [0.5, 0.6) is 0 Å². The molecule has 0 aromatic heterocycles. The first-order chi connectivity index (χ1) is 14.2. The zero-order valence-electron chi connectivity index (χ0n) is 19.7. The molecule has 2 unspecified atom stereocenters. The molecule has 0 spiro atoms. The summed E-state index contributed by atoms with van der Waals surface area (Å²) in [7, 11) is 0. The fourth-order valence-electron chi connectivity index (χ4n) is 5.65. The Balaban J connectivity index is 1.58. The molecule has 0 saturated heterocycles. The molecule has 2 heteroatoms. The molecule has 0 bridgehead atoms. The van der Waals surface area contributed by atoms with Gasteiger partial charge in [0.25, 0.3) is 0 Å². The second-order valence-electron chi connectivity index (χ2n) is 10.5. The highest BCUT2D eigenvalue weighted by Gasteiger charge is 2.69. The third-order valence-electron chi connectivity index (χ3n) is 7.76. The number of unbranched alkanes of at least 4 members (excludes halogenated alkanes) is 3. The molecule has 30 heavy (non-hydrogen) atoms. The number of hydrogen-bond donors (Lipinski definition) is 0. The van der Waals surface area contributed by atoms with Gasteiger partial charge < -0.3 is 4.74 Å². The van der Waals surface area contributed by atoms with E-state index in [9.17, 15) is 4.79 Å². The van der Waals surface area contributed by atoms with Gasteiger partial charge in [0.1, 0.15) is 0 Å². The van der Waals surface area contributed by atoms with Crippen LogP contribution in [-0.4, -0.2) is 12.6 Å². The van der Waals surface area contributed by atoms with Crippen LogP contribution in [0.2, 0.25) is 0 Å². The average molecular weight is 409 g/mol. The van der Waals surface area contributed by atoms with E-state index in [0.717, 1.165) is 18.4 Å². The number of allylic oxidation sites excluding steroid dienone is 3. The number of esters is 1. The van der Waals surface area contributed by atoms with Crippen molar-refractivity contribution in [2.75, 3.05) is 6.61 Å². The fraction of sp³-hybridized carbons (Fsp3) is 0.607. The minimum absolute atomic E-state index is 0.217. The Labute approximate surface area is 183 Å². The van der Waals surface area contributed by atoms with Crippen molar-refractivity contribution in [3.05, 3.63) is 53.1 Å². The van der Waals surface area contributed by atoms with Crippen molar-refractivity contribution in [3.63, 3.8) is 0 Å². The summed E-state index contributed by atoms with van der Waals surface area (Å²) < 4.78 is 5.38. The summed E-state index contributed by atoms with van der Waals surface area (Å²) in [5.41, 5.74) is 4.24. The Morgan fingerprint density at radius 2 is 1.80 bits per heavy atom. The maximum absolute atomic E-state index is 12.2. The molecule has 0 radical (unpaired) electrons. The van der Waals surface area contributed by atoms with Crippen LogP contribution >= 0.6 is 0 Å². The van der Waals surface area contributed by atoms with Gasteiger partial charge in [-0.1, -0.05) is 89.3 Å². The van der Waals surface area contributed by atoms with Gasteiger partial charge in [-0.25, -0.2) is 4.79 Å². The second kappa shape index (κ2) is 9.12. The van der Waals surface area contributed by atoms with Crippen LogP contribution in [0.15, 0.2) is 42.0 Å². The summed E-state index contributed by atoms with van der Waals surface area (Å²) in [5.74, 6) is -0.217. The van der Waals surface area contributed by atoms with Crippen molar-refractivity contribution in [2.24, 2.45) is 16.2 Å². The minimum atomic E-state index is -0.217. The van der Waals surface area contributed by atoms with Crippen LogP contribution in [0.3, 0.4) is 0 Å². The predicted octanol–water partition coefficient (Wildman–Crippen LogP) is 7.99. The highest BCUT2D eigenvalue weighted by Crippen LogP contribution is 2.78. The molecular weight excluding hydrogens is 368 g/mol. The lowest BCUT2D eigenvalue weighted by Gasteiger charge is -2.41. The molecule has 2 nitrogen and oxygen atoms in total. The molecule has 2 fully saturated rings. The van der Waals surface area contributed by atoms with Crippen molar-refractivity contribution in [3.8, 4) is 0 Å². The van der Waals surface area contributed by atoms with E-state index in [0.29, 0.717) is 28.4 Å². The van der Waals surface area contributed by atoms with E-state index in [1.54, 1.807) is 0 Å². The average Bonchev–Trinajstić information content (AvgIpc) is 3.34. The van der Waals surface area contributed by atoms with Crippen LogP contribution in [0.1, 0.15) is 102 Å². The van der Waals surface area contributed by atoms with E-state index >= 15 is 0 Å². The number of carbonyl (C=O) groups is 1. The molecule has 0 amide bonds. The summed E-state index contributed by atoms with van der Waals surface area (Å²) in [4.78, 5) is 12.2. The molecule has 2 aliphatic rings. The van der Waals surface area contributed by atoms with E-state index < -0.39 is 0 Å². The van der Waals surface area contributed by atoms with Gasteiger partial charge in [0.15, 0.2) is 0 Å². The molecule has 3 rings (SSSR count). The first-order valence-corrected chi connectivity index (χ1v) is 11.9. The van der Waals surface area contributed by atoms with Gasteiger partial charge in [-0.2, -0.15) is 0 Å². The number of benzene rings is 1. The Morgan fingerprint density at radius 1 is 1.07 bits per heavy atom. The maximum atomic E-state index is 12.2. The Kier molecular flexibility index (Phi) is 6.95. The lowest BCUT2D eigenvalue weighted by molar-refractivity contribution is 0.0498. The van der Waals surface area contributed by atoms with Crippen LogP contribution < -0.4 is 0 Å². The maximum Gasteiger partial charge on any atom is 0.338 e. The van der Waals surface area contributed by atoms with Gasteiger partial charge >= 0.3 is 5.97 Å². The van der Waals surface area contributed by atoms with Crippen LogP contribution in [0.4, 0.5) is 0 Å².